The second-order valence-corrected chi connectivity index (χ2v) is 5.43. The van der Waals surface area contributed by atoms with Crippen molar-refractivity contribution in [3.63, 3.8) is 0 Å². The summed E-state index contributed by atoms with van der Waals surface area (Å²) in [5.41, 5.74) is 3.38. The van der Waals surface area contributed by atoms with Gasteiger partial charge in [0.15, 0.2) is 0 Å². The molecule has 0 aliphatic heterocycles. The molecule has 1 heterocycles. The van der Waals surface area contributed by atoms with Crippen LogP contribution < -0.4 is 4.57 Å². The Morgan fingerprint density at radius 2 is 1.86 bits per heavy atom. The Labute approximate surface area is 124 Å². The molecule has 5 nitrogen and oxygen atoms in total. The van der Waals surface area contributed by atoms with Crippen LogP contribution in [-0.4, -0.2) is 10.7 Å². The first kappa shape index (κ1) is 13.4. The minimum atomic E-state index is -0.477. The number of rotatable bonds is 4. The quantitative estimate of drug-likeness (QED) is 0.322. The second-order valence-electron chi connectivity index (χ2n) is 4.55. The Hall–Kier alpha value is -2.60. The van der Waals surface area contributed by atoms with Gasteiger partial charge in [-0.2, -0.15) is 4.57 Å². The van der Waals surface area contributed by atoms with Crippen molar-refractivity contribution in [3.05, 3.63) is 69.7 Å². The number of hydrogen-bond acceptors (Lipinski definition) is 4. The first-order valence-corrected chi connectivity index (χ1v) is 7.16. The number of carbonyl (C=O) groups excluding carboxylic acids is 1. The van der Waals surface area contributed by atoms with E-state index in [1.54, 1.807) is 11.3 Å². The Kier molecular flexibility index (Phi) is 3.45. The SMILES string of the molecule is O=C(C[n+]1csc2ccccc21)c1ccc([N+](=O)[O-])cc1. The summed E-state index contributed by atoms with van der Waals surface area (Å²) in [4.78, 5) is 22.4. The lowest BCUT2D eigenvalue weighted by Crippen LogP contribution is -2.36. The lowest BCUT2D eigenvalue weighted by Gasteiger charge is -1.97. The number of para-hydroxylation sites is 1. The third-order valence-corrected chi connectivity index (χ3v) is 4.15. The molecule has 0 aliphatic rings. The van der Waals surface area contributed by atoms with Crippen molar-refractivity contribution in [1.82, 2.24) is 0 Å². The summed E-state index contributed by atoms with van der Waals surface area (Å²) >= 11 is 1.58. The predicted octanol–water partition coefficient (Wildman–Crippen LogP) is 2.98. The second kappa shape index (κ2) is 5.41. The topological polar surface area (TPSA) is 64.1 Å². The Morgan fingerprint density at radius 1 is 1.14 bits per heavy atom. The van der Waals surface area contributed by atoms with Crippen molar-refractivity contribution in [2.75, 3.05) is 0 Å². The molecule has 0 amide bonds. The van der Waals surface area contributed by atoms with E-state index in [1.165, 1.54) is 24.3 Å². The third kappa shape index (κ3) is 2.66. The minimum Gasteiger partial charge on any atom is -0.287 e. The first-order chi connectivity index (χ1) is 10.1. The van der Waals surface area contributed by atoms with Crippen molar-refractivity contribution in [1.29, 1.82) is 0 Å². The van der Waals surface area contributed by atoms with Crippen LogP contribution in [0.4, 0.5) is 5.69 Å². The first-order valence-electron chi connectivity index (χ1n) is 6.28. The van der Waals surface area contributed by atoms with E-state index in [1.807, 2.05) is 34.3 Å². The maximum absolute atomic E-state index is 12.3. The molecule has 21 heavy (non-hydrogen) atoms. The number of nitro groups is 1. The van der Waals surface area contributed by atoms with Crippen molar-refractivity contribution >= 4 is 33.0 Å². The van der Waals surface area contributed by atoms with Crippen LogP contribution in [0, 0.1) is 10.1 Å². The highest BCUT2D eigenvalue weighted by atomic mass is 32.1. The molecule has 0 unspecified atom stereocenters. The molecule has 6 heteroatoms. The van der Waals surface area contributed by atoms with Crippen LogP contribution in [0.15, 0.2) is 54.0 Å². The van der Waals surface area contributed by atoms with Gasteiger partial charge in [-0.15, -0.1) is 0 Å². The van der Waals surface area contributed by atoms with Crippen LogP contribution >= 0.6 is 11.3 Å². The number of aromatic nitrogens is 1. The molecule has 3 rings (SSSR count). The maximum Gasteiger partial charge on any atom is 0.269 e. The number of hydrogen-bond donors (Lipinski definition) is 0. The van der Waals surface area contributed by atoms with Crippen molar-refractivity contribution < 1.29 is 14.3 Å². The third-order valence-electron chi connectivity index (χ3n) is 3.20. The fourth-order valence-electron chi connectivity index (χ4n) is 2.11. The smallest absolute Gasteiger partial charge is 0.269 e. The van der Waals surface area contributed by atoms with Gasteiger partial charge in [-0.05, 0) is 18.2 Å². The molecule has 0 radical (unpaired) electrons. The fraction of sp³-hybridized carbons (Fsp3) is 0.0667. The van der Waals surface area contributed by atoms with Crippen molar-refractivity contribution in [2.24, 2.45) is 0 Å². The van der Waals surface area contributed by atoms with Gasteiger partial charge in [0.2, 0.25) is 23.4 Å². The summed E-state index contributed by atoms with van der Waals surface area (Å²) < 4.78 is 3.01. The average Bonchev–Trinajstić information content (AvgIpc) is 2.91. The number of ketones is 1. The number of nitrogens with zero attached hydrogens (tertiary/aromatic N) is 2. The average molecular weight is 299 g/mol. The van der Waals surface area contributed by atoms with E-state index >= 15 is 0 Å². The van der Waals surface area contributed by atoms with Gasteiger partial charge in [-0.25, -0.2) is 0 Å². The molecule has 0 saturated carbocycles. The van der Waals surface area contributed by atoms with Crippen LogP contribution in [0.5, 0.6) is 0 Å². The lowest BCUT2D eigenvalue weighted by atomic mass is 10.1. The predicted molar refractivity (Wildman–Crippen MR) is 79.4 cm³/mol. The highest BCUT2D eigenvalue weighted by molar-refractivity contribution is 7.16. The molecular weight excluding hydrogens is 288 g/mol. The summed E-state index contributed by atoms with van der Waals surface area (Å²) in [6.07, 6.45) is 0. The van der Waals surface area contributed by atoms with Gasteiger partial charge in [-0.3, -0.25) is 14.9 Å². The monoisotopic (exact) mass is 299 g/mol. The van der Waals surface area contributed by atoms with E-state index in [-0.39, 0.29) is 18.0 Å². The number of thiazole rings is 1. The molecular formula is C15H11N2O3S+. The molecule has 0 aliphatic carbocycles. The number of nitro benzene ring substituents is 1. The van der Waals surface area contributed by atoms with Crippen molar-refractivity contribution in [3.8, 4) is 0 Å². The molecule has 0 fully saturated rings. The van der Waals surface area contributed by atoms with Crippen molar-refractivity contribution in [2.45, 2.75) is 6.54 Å². The van der Waals surface area contributed by atoms with Gasteiger partial charge < -0.3 is 0 Å². The molecule has 0 atom stereocenters. The standard InChI is InChI=1S/C15H11N2O3S/c18-14(11-5-7-12(8-6-11)17(19)20)9-16-10-21-15-4-2-1-3-13(15)16/h1-8,10H,9H2/q+1. The number of benzene rings is 2. The van der Waals surface area contributed by atoms with Crippen LogP contribution in [0.3, 0.4) is 0 Å². The zero-order valence-electron chi connectivity index (χ0n) is 10.9. The molecule has 104 valence electrons. The Balaban J connectivity index is 1.84. The largest absolute Gasteiger partial charge is 0.287 e. The summed E-state index contributed by atoms with van der Waals surface area (Å²) in [6, 6.07) is 13.6. The summed E-state index contributed by atoms with van der Waals surface area (Å²) in [5.74, 6) is -0.0709. The van der Waals surface area contributed by atoms with E-state index in [0.717, 1.165) is 10.2 Å². The van der Waals surface area contributed by atoms with E-state index < -0.39 is 4.92 Å². The molecule has 1 aromatic heterocycles. The summed E-state index contributed by atoms with van der Waals surface area (Å²) in [7, 11) is 0. The molecule has 0 N–H and O–H groups in total. The number of fused-ring (bicyclic) bond motifs is 1. The molecule has 0 spiro atoms. The number of non-ortho nitro benzene ring substituents is 1. The van der Waals surface area contributed by atoms with E-state index in [2.05, 4.69) is 0 Å². The van der Waals surface area contributed by atoms with Gasteiger partial charge >= 0.3 is 0 Å². The Morgan fingerprint density at radius 3 is 2.57 bits per heavy atom. The maximum atomic E-state index is 12.3. The Bertz CT molecular complexity index is 824. The fourth-order valence-corrected chi connectivity index (χ4v) is 3.00. The van der Waals surface area contributed by atoms with Gasteiger partial charge in [-0.1, -0.05) is 23.5 Å². The summed E-state index contributed by atoms with van der Waals surface area (Å²) in [6.45, 7) is 0.224. The zero-order chi connectivity index (χ0) is 14.8. The lowest BCUT2D eigenvalue weighted by molar-refractivity contribution is -0.652. The number of carbonyl (C=O) groups is 1. The van der Waals surface area contributed by atoms with Crippen LogP contribution in [0.2, 0.25) is 0 Å². The van der Waals surface area contributed by atoms with E-state index in [4.69, 9.17) is 0 Å². The van der Waals surface area contributed by atoms with Gasteiger partial charge in [0.1, 0.15) is 4.70 Å². The highest BCUT2D eigenvalue weighted by Crippen LogP contribution is 2.16. The van der Waals surface area contributed by atoms with E-state index in [9.17, 15) is 14.9 Å². The van der Waals surface area contributed by atoms with Crippen LogP contribution in [-0.2, 0) is 6.54 Å². The van der Waals surface area contributed by atoms with E-state index in [0.29, 0.717) is 5.56 Å². The molecule has 3 aromatic rings. The van der Waals surface area contributed by atoms with Crippen LogP contribution in [0.25, 0.3) is 10.2 Å². The highest BCUT2D eigenvalue weighted by Gasteiger charge is 2.17. The summed E-state index contributed by atoms with van der Waals surface area (Å²) in [5, 5.41) is 10.6. The molecule has 2 aromatic carbocycles. The van der Waals surface area contributed by atoms with Gasteiger partial charge in [0, 0.05) is 23.8 Å². The van der Waals surface area contributed by atoms with Gasteiger partial charge in [0.25, 0.3) is 5.69 Å². The number of Topliss-reactive ketones (excluding diaryl/α,β-unsaturated/α-hetero) is 1. The zero-order valence-corrected chi connectivity index (χ0v) is 11.7. The molecule has 0 bridgehead atoms. The van der Waals surface area contributed by atoms with Crippen LogP contribution in [0.1, 0.15) is 10.4 Å². The molecule has 0 saturated heterocycles. The normalized spacial score (nSPS) is 10.7. The minimum absolute atomic E-state index is 0.0137. The van der Waals surface area contributed by atoms with Gasteiger partial charge in [0.05, 0.1) is 4.92 Å².